The van der Waals surface area contributed by atoms with E-state index >= 15 is 0 Å². The second kappa shape index (κ2) is 10.7. The Hall–Kier alpha value is -5.94. The van der Waals surface area contributed by atoms with Crippen molar-refractivity contribution in [3.05, 3.63) is 145 Å². The van der Waals surface area contributed by atoms with E-state index in [1.54, 1.807) is 6.20 Å². The van der Waals surface area contributed by atoms with E-state index in [4.69, 9.17) is 19.4 Å². The van der Waals surface area contributed by atoms with Crippen LogP contribution >= 0.6 is 0 Å². The van der Waals surface area contributed by atoms with Gasteiger partial charge in [-0.15, -0.1) is 0 Å². The zero-order valence-corrected chi connectivity index (χ0v) is 24.0. The molecule has 0 spiro atoms. The molecule has 5 heteroatoms. The first-order chi connectivity index (χ1) is 21.7. The van der Waals surface area contributed by atoms with Crippen molar-refractivity contribution >= 4 is 21.9 Å². The summed E-state index contributed by atoms with van der Waals surface area (Å²) in [6, 6.07) is 43.3. The van der Waals surface area contributed by atoms with E-state index in [1.165, 1.54) is 11.1 Å². The van der Waals surface area contributed by atoms with Crippen LogP contribution in [0.3, 0.4) is 0 Å². The van der Waals surface area contributed by atoms with Crippen LogP contribution in [0.4, 0.5) is 0 Å². The Morgan fingerprint density at radius 3 is 1.70 bits per heavy atom. The van der Waals surface area contributed by atoms with Gasteiger partial charge in [0.2, 0.25) is 0 Å². The average Bonchev–Trinajstić information content (AvgIpc) is 3.47. The molecule has 0 fully saturated rings. The molecule has 44 heavy (non-hydrogen) atoms. The highest BCUT2D eigenvalue weighted by Crippen LogP contribution is 2.37. The third kappa shape index (κ3) is 4.61. The number of hydrogen-bond acceptors (Lipinski definition) is 5. The molecule has 5 aromatic carbocycles. The topological polar surface area (TPSA) is 64.7 Å². The van der Waals surface area contributed by atoms with Crippen molar-refractivity contribution in [2.24, 2.45) is 0 Å². The van der Waals surface area contributed by atoms with Gasteiger partial charge in [0, 0.05) is 39.2 Å². The van der Waals surface area contributed by atoms with E-state index in [2.05, 4.69) is 84.7 Å². The molecule has 0 amide bonds. The predicted octanol–water partition coefficient (Wildman–Crippen LogP) is 9.81. The van der Waals surface area contributed by atoms with E-state index < -0.39 is 0 Å². The van der Waals surface area contributed by atoms with Gasteiger partial charge in [0.15, 0.2) is 23.1 Å². The number of benzene rings is 5. The van der Waals surface area contributed by atoms with Gasteiger partial charge in [-0.3, -0.25) is 4.98 Å². The van der Waals surface area contributed by atoms with Crippen molar-refractivity contribution in [1.82, 2.24) is 19.9 Å². The van der Waals surface area contributed by atoms with Crippen molar-refractivity contribution in [3.63, 3.8) is 0 Å². The van der Waals surface area contributed by atoms with E-state index in [-0.39, 0.29) is 0 Å². The highest BCUT2D eigenvalue weighted by Gasteiger charge is 2.17. The van der Waals surface area contributed by atoms with Crippen LogP contribution in [0.25, 0.3) is 78.4 Å². The van der Waals surface area contributed by atoms with Crippen molar-refractivity contribution in [2.75, 3.05) is 0 Å². The Labute approximate surface area is 254 Å². The minimum absolute atomic E-state index is 0.584. The number of fused-ring (bicyclic) bond motifs is 3. The van der Waals surface area contributed by atoms with Crippen LogP contribution in [-0.2, 0) is 0 Å². The van der Waals surface area contributed by atoms with Crippen LogP contribution in [-0.4, -0.2) is 19.9 Å². The SMILES string of the molecule is Cc1ccccc1-c1ccc(-c2nc(-c3ccccc3)nc(-c3ccc4c(c3)oc3cncc(-c5ccccc5)c34)n2)cc1. The minimum atomic E-state index is 0.584. The van der Waals surface area contributed by atoms with Gasteiger partial charge in [-0.1, -0.05) is 115 Å². The van der Waals surface area contributed by atoms with Gasteiger partial charge in [0.25, 0.3) is 0 Å². The maximum atomic E-state index is 6.34. The Balaban J connectivity index is 1.25. The Morgan fingerprint density at radius 1 is 0.455 bits per heavy atom. The van der Waals surface area contributed by atoms with E-state index in [0.29, 0.717) is 17.5 Å². The largest absolute Gasteiger partial charge is 0.454 e. The molecule has 0 saturated carbocycles. The average molecular weight is 567 g/mol. The molecule has 0 saturated heterocycles. The Bertz CT molecular complexity index is 2270. The first kappa shape index (κ1) is 25.7. The van der Waals surface area contributed by atoms with Crippen LogP contribution in [0.1, 0.15) is 5.56 Å². The number of aryl methyl sites for hydroxylation is 1. The van der Waals surface area contributed by atoms with Gasteiger partial charge < -0.3 is 4.42 Å². The molecular formula is C39H26N4O. The van der Waals surface area contributed by atoms with Crippen LogP contribution in [0.5, 0.6) is 0 Å². The fraction of sp³-hybridized carbons (Fsp3) is 0.0256. The van der Waals surface area contributed by atoms with Crippen molar-refractivity contribution in [2.45, 2.75) is 6.92 Å². The summed E-state index contributed by atoms with van der Waals surface area (Å²) in [7, 11) is 0. The zero-order valence-electron chi connectivity index (χ0n) is 24.0. The third-order valence-corrected chi connectivity index (χ3v) is 7.99. The first-order valence-corrected chi connectivity index (χ1v) is 14.6. The molecule has 5 nitrogen and oxygen atoms in total. The molecule has 0 aliphatic rings. The highest BCUT2D eigenvalue weighted by atomic mass is 16.3. The molecule has 0 atom stereocenters. The molecule has 3 aromatic heterocycles. The number of rotatable bonds is 5. The number of pyridine rings is 1. The van der Waals surface area contributed by atoms with Crippen LogP contribution in [0.15, 0.2) is 144 Å². The van der Waals surface area contributed by atoms with Gasteiger partial charge in [-0.25, -0.2) is 15.0 Å². The van der Waals surface area contributed by atoms with Crippen LogP contribution in [0.2, 0.25) is 0 Å². The fourth-order valence-electron chi connectivity index (χ4n) is 5.75. The lowest BCUT2D eigenvalue weighted by molar-refractivity contribution is 0.667. The number of hydrogen-bond donors (Lipinski definition) is 0. The lowest BCUT2D eigenvalue weighted by Gasteiger charge is -2.10. The molecular weight excluding hydrogens is 540 g/mol. The molecule has 0 N–H and O–H groups in total. The van der Waals surface area contributed by atoms with Crippen LogP contribution in [0, 0.1) is 6.92 Å². The summed E-state index contributed by atoms with van der Waals surface area (Å²) < 4.78 is 6.34. The van der Waals surface area contributed by atoms with Gasteiger partial charge in [0.1, 0.15) is 5.58 Å². The monoisotopic (exact) mass is 566 g/mol. The summed E-state index contributed by atoms with van der Waals surface area (Å²) in [4.78, 5) is 19.3. The van der Waals surface area contributed by atoms with Gasteiger partial charge in [-0.2, -0.15) is 0 Å². The smallest absolute Gasteiger partial charge is 0.164 e. The summed E-state index contributed by atoms with van der Waals surface area (Å²) in [6.07, 6.45) is 3.67. The predicted molar refractivity (Wildman–Crippen MR) is 177 cm³/mol. The molecule has 3 heterocycles. The summed E-state index contributed by atoms with van der Waals surface area (Å²) in [5, 5.41) is 2.07. The Kier molecular flexibility index (Phi) is 6.27. The number of nitrogens with zero attached hydrogens (tertiary/aromatic N) is 4. The maximum Gasteiger partial charge on any atom is 0.164 e. The highest BCUT2D eigenvalue weighted by molar-refractivity contribution is 6.12. The molecule has 0 unspecified atom stereocenters. The third-order valence-electron chi connectivity index (χ3n) is 7.99. The van der Waals surface area contributed by atoms with Crippen molar-refractivity contribution < 1.29 is 4.42 Å². The molecule has 0 aliphatic carbocycles. The molecule has 0 radical (unpaired) electrons. The summed E-state index contributed by atoms with van der Waals surface area (Å²) in [6.45, 7) is 2.13. The van der Waals surface area contributed by atoms with E-state index in [1.807, 2.05) is 60.8 Å². The summed E-state index contributed by atoms with van der Waals surface area (Å²) in [5.41, 5.74) is 9.95. The molecule has 8 rings (SSSR count). The molecule has 0 bridgehead atoms. The van der Waals surface area contributed by atoms with E-state index in [0.717, 1.165) is 55.3 Å². The molecule has 0 aliphatic heterocycles. The second-order valence-electron chi connectivity index (χ2n) is 10.8. The Morgan fingerprint density at radius 2 is 1.00 bits per heavy atom. The van der Waals surface area contributed by atoms with Gasteiger partial charge >= 0.3 is 0 Å². The standard InChI is InChI=1S/C39H26N4O/c1-25-10-8-9-15-31(25)27-16-18-29(19-17-27)38-41-37(28-13-6-3-7-14-28)42-39(43-38)30-20-21-32-34(22-30)44-35-24-40-23-33(36(32)35)26-11-4-2-5-12-26/h2-24H,1H3. The molecule has 8 aromatic rings. The van der Waals surface area contributed by atoms with Crippen LogP contribution < -0.4 is 0 Å². The van der Waals surface area contributed by atoms with Gasteiger partial charge in [-0.05, 0) is 41.3 Å². The number of furan rings is 1. The second-order valence-corrected chi connectivity index (χ2v) is 10.8. The van der Waals surface area contributed by atoms with Crippen molar-refractivity contribution in [3.8, 4) is 56.4 Å². The fourth-order valence-corrected chi connectivity index (χ4v) is 5.75. The van der Waals surface area contributed by atoms with Gasteiger partial charge in [0.05, 0.1) is 6.20 Å². The quantitative estimate of drug-likeness (QED) is 0.207. The minimum Gasteiger partial charge on any atom is -0.454 e. The summed E-state index contributed by atoms with van der Waals surface area (Å²) in [5.74, 6) is 1.82. The lowest BCUT2D eigenvalue weighted by atomic mass is 9.99. The zero-order chi connectivity index (χ0) is 29.5. The maximum absolute atomic E-state index is 6.34. The van der Waals surface area contributed by atoms with Crippen molar-refractivity contribution in [1.29, 1.82) is 0 Å². The lowest BCUT2D eigenvalue weighted by Crippen LogP contribution is -2.00. The molecule has 208 valence electrons. The summed E-state index contributed by atoms with van der Waals surface area (Å²) >= 11 is 0. The first-order valence-electron chi connectivity index (χ1n) is 14.6. The normalized spacial score (nSPS) is 11.3. The van der Waals surface area contributed by atoms with E-state index in [9.17, 15) is 0 Å². The number of aromatic nitrogens is 4.